The number of oxime groups is 1. The number of nitrogens with two attached hydrogens (primary N) is 1. The molecule has 3 amide bonds. The number of ether oxygens (including phenoxy) is 1. The number of hydrogen-bond acceptors (Lipinski definition) is 14. The minimum Gasteiger partial charge on any atom is -0.477 e. The summed E-state index contributed by atoms with van der Waals surface area (Å²) >= 11 is 2.21. The number of aromatic nitrogens is 2. The van der Waals surface area contributed by atoms with Gasteiger partial charge in [0.15, 0.2) is 10.8 Å². The van der Waals surface area contributed by atoms with Crippen LogP contribution in [0.3, 0.4) is 0 Å². The van der Waals surface area contributed by atoms with Crippen LogP contribution in [0.4, 0.5) is 15.2 Å². The number of aliphatic carboxylic acids is 1. The third-order valence-corrected chi connectivity index (χ3v) is 10.6. The van der Waals surface area contributed by atoms with Crippen molar-refractivity contribution in [1.29, 1.82) is 0 Å². The Morgan fingerprint density at radius 1 is 1.22 bits per heavy atom. The molecule has 0 spiro atoms. The highest BCUT2D eigenvalue weighted by molar-refractivity contribution is 8.00. The van der Waals surface area contributed by atoms with Crippen LogP contribution in [0.15, 0.2) is 44.9 Å². The summed E-state index contributed by atoms with van der Waals surface area (Å²) in [7, 11) is 1.23. The van der Waals surface area contributed by atoms with Gasteiger partial charge in [0.05, 0.1) is 11.2 Å². The second-order valence-corrected chi connectivity index (χ2v) is 13.5. The third kappa shape index (κ3) is 6.58. The van der Waals surface area contributed by atoms with E-state index >= 15 is 4.39 Å². The Morgan fingerprint density at radius 2 is 1.96 bits per heavy atom. The summed E-state index contributed by atoms with van der Waals surface area (Å²) in [5.41, 5.74) is 4.76. The molecule has 5 heterocycles. The number of carboxylic acids is 1. The summed E-state index contributed by atoms with van der Waals surface area (Å²) in [6.07, 6.45) is 2.05. The predicted octanol–water partition coefficient (Wildman–Crippen LogP) is 0.424. The molecule has 2 atom stereocenters. The number of rotatable bonds is 11. The molecular formula is C31H31FN8O9S2. The highest BCUT2D eigenvalue weighted by atomic mass is 32.2. The van der Waals surface area contributed by atoms with Crippen molar-refractivity contribution in [2.24, 2.45) is 5.16 Å². The molecule has 4 N–H and O–H groups in total. The molecular weight excluding hydrogens is 712 g/mol. The number of anilines is 2. The van der Waals surface area contributed by atoms with Crippen LogP contribution in [-0.4, -0.2) is 117 Å². The van der Waals surface area contributed by atoms with Crippen molar-refractivity contribution in [2.75, 3.05) is 56.3 Å². The van der Waals surface area contributed by atoms with Crippen molar-refractivity contribution in [1.82, 2.24) is 24.7 Å². The summed E-state index contributed by atoms with van der Waals surface area (Å²) in [5.74, 6) is -4.67. The average molecular weight is 743 g/mol. The van der Waals surface area contributed by atoms with E-state index in [0.29, 0.717) is 38.2 Å². The smallest absolute Gasteiger partial charge is 0.352 e. The Kier molecular flexibility index (Phi) is 9.97. The summed E-state index contributed by atoms with van der Waals surface area (Å²) in [6, 6.07) is 1.51. The number of esters is 1. The number of hydrogen-bond donors (Lipinski definition) is 3. The maximum Gasteiger partial charge on any atom is 0.352 e. The number of nitrogen functional groups attached to an aromatic ring is 1. The van der Waals surface area contributed by atoms with Crippen molar-refractivity contribution < 1.29 is 43.0 Å². The van der Waals surface area contributed by atoms with Crippen LogP contribution in [0.2, 0.25) is 0 Å². The lowest BCUT2D eigenvalue weighted by atomic mass is 10.0. The van der Waals surface area contributed by atoms with E-state index in [2.05, 4.69) is 15.5 Å². The number of carbonyl (C=O) groups excluding carboxylic acids is 4. The Morgan fingerprint density at radius 3 is 2.59 bits per heavy atom. The Hall–Kier alpha value is -5.50. The second kappa shape index (κ2) is 14.4. The van der Waals surface area contributed by atoms with Crippen molar-refractivity contribution in [3.05, 3.63) is 62.3 Å². The van der Waals surface area contributed by atoms with Gasteiger partial charge in [-0.3, -0.25) is 24.1 Å². The number of β-lactam (4-membered cyclic amide) rings is 1. The van der Waals surface area contributed by atoms with Crippen molar-refractivity contribution in [3.63, 3.8) is 0 Å². The van der Waals surface area contributed by atoms with Gasteiger partial charge >= 0.3 is 11.9 Å². The second-order valence-electron chi connectivity index (χ2n) is 11.5. The van der Waals surface area contributed by atoms with E-state index in [1.807, 2.05) is 0 Å². The lowest BCUT2D eigenvalue weighted by Crippen LogP contribution is -2.71. The molecule has 2 aromatic heterocycles. The number of pyridine rings is 1. The number of benzene rings is 1. The molecule has 6 rings (SSSR count). The number of thiazole rings is 1. The molecule has 2 fully saturated rings. The van der Waals surface area contributed by atoms with Crippen LogP contribution in [0.25, 0.3) is 10.9 Å². The van der Waals surface area contributed by atoms with Gasteiger partial charge in [0.1, 0.15) is 47.9 Å². The minimum absolute atomic E-state index is 0.0172. The van der Waals surface area contributed by atoms with E-state index in [0.717, 1.165) is 40.5 Å². The summed E-state index contributed by atoms with van der Waals surface area (Å²) in [6.45, 7) is 3.19. The van der Waals surface area contributed by atoms with Gasteiger partial charge in [0, 0.05) is 61.0 Å². The number of fused-ring (bicyclic) bond motifs is 2. The number of nitrogens with zero attached hydrogens (tertiary/aromatic N) is 6. The molecule has 0 saturated carbocycles. The first-order chi connectivity index (χ1) is 24.5. The van der Waals surface area contributed by atoms with Gasteiger partial charge in [-0.05, 0) is 19.1 Å². The van der Waals surface area contributed by atoms with E-state index in [1.54, 1.807) is 27.4 Å². The normalized spacial score (nSPS) is 19.1. The number of aryl methyl sites for hydroxylation is 1. The maximum absolute atomic E-state index is 15.4. The number of nitrogens with one attached hydrogen (secondary N) is 1. The quantitative estimate of drug-likeness (QED) is 0.0799. The van der Waals surface area contributed by atoms with Crippen molar-refractivity contribution in [2.45, 2.75) is 24.9 Å². The molecule has 268 valence electrons. The molecule has 3 aliphatic rings. The fourth-order valence-corrected chi connectivity index (χ4v) is 7.92. The van der Waals surface area contributed by atoms with Crippen molar-refractivity contribution in [3.8, 4) is 0 Å². The number of piperazine rings is 1. The van der Waals surface area contributed by atoms with Crippen LogP contribution in [-0.2, 0) is 35.3 Å². The van der Waals surface area contributed by atoms with Gasteiger partial charge in [-0.2, -0.15) is 0 Å². The lowest BCUT2D eigenvalue weighted by Gasteiger charge is -2.49. The lowest BCUT2D eigenvalue weighted by molar-refractivity contribution is -0.150. The van der Waals surface area contributed by atoms with Crippen LogP contribution >= 0.6 is 23.1 Å². The number of amides is 3. The maximum atomic E-state index is 15.4. The molecule has 17 nitrogen and oxygen atoms in total. The molecule has 1 aromatic carbocycles. The first kappa shape index (κ1) is 35.3. The fraction of sp³-hybridized carbons (Fsp3) is 0.355. The van der Waals surface area contributed by atoms with Gasteiger partial charge in [-0.25, -0.2) is 19.0 Å². The predicted molar refractivity (Wildman–Crippen MR) is 184 cm³/mol. The molecule has 0 aliphatic carbocycles. The van der Waals surface area contributed by atoms with Gasteiger partial charge < -0.3 is 40.1 Å². The molecule has 51 heavy (non-hydrogen) atoms. The largest absolute Gasteiger partial charge is 0.477 e. The SMILES string of the molecule is CCn1cc(C(=O)OCC2=C(C(=O)O)N3C(=O)[C@@H](NC(=O)/C(=N/OC)c4csc(N)n4)C3SC2)c(=O)c2cc(F)c(N3CCN(C=O)CC3)cc21. The number of thioether (sulfide) groups is 1. The van der Waals surface area contributed by atoms with Crippen LogP contribution in [0.1, 0.15) is 23.0 Å². The summed E-state index contributed by atoms with van der Waals surface area (Å²) in [5, 5.41) is 17.1. The molecule has 3 aliphatic heterocycles. The first-order valence-corrected chi connectivity index (χ1v) is 17.4. The standard InChI is InChI=1S/C31H31FN8O9S2/c1-3-38-10-17(25(42)16-8-18(32)21(9-20(16)38)39-6-4-37(14-41)5-7-39)30(47)49-11-15-12-50-28-23(27(44)40(28)24(15)29(45)46)35-26(43)22(36-48-2)19-13-51-31(33)34-19/h8-10,13-14,23,28H,3-7,11-12H2,1-2H3,(H2,33,34)(H,35,43)(H,45,46)/b36-22+/t23-,28?/m1/s1. The third-order valence-electron chi connectivity index (χ3n) is 8.59. The van der Waals surface area contributed by atoms with Gasteiger partial charge in [-0.1, -0.05) is 5.16 Å². The van der Waals surface area contributed by atoms with Crippen molar-refractivity contribution >= 4 is 80.7 Å². The number of halogens is 1. The number of carboxylic acid groups (broad SMARTS) is 1. The molecule has 2 saturated heterocycles. The average Bonchev–Trinajstić information content (AvgIpc) is 3.56. The molecule has 1 unspecified atom stereocenters. The van der Waals surface area contributed by atoms with E-state index in [9.17, 15) is 33.9 Å². The zero-order valence-electron chi connectivity index (χ0n) is 27.2. The van der Waals surface area contributed by atoms with E-state index in [1.165, 1.54) is 18.7 Å². The van der Waals surface area contributed by atoms with Crippen LogP contribution < -0.4 is 21.4 Å². The fourth-order valence-electron chi connectivity index (χ4n) is 6.04. The van der Waals surface area contributed by atoms with E-state index in [4.69, 9.17) is 15.3 Å². The monoisotopic (exact) mass is 742 g/mol. The minimum atomic E-state index is -1.46. The zero-order chi connectivity index (χ0) is 36.6. The topological polar surface area (TPSA) is 219 Å². The molecule has 0 radical (unpaired) electrons. The summed E-state index contributed by atoms with van der Waals surface area (Å²) < 4.78 is 22.4. The molecule has 3 aromatic rings. The first-order valence-electron chi connectivity index (χ1n) is 15.5. The zero-order valence-corrected chi connectivity index (χ0v) is 28.8. The highest BCUT2D eigenvalue weighted by Crippen LogP contribution is 2.40. The Bertz CT molecular complexity index is 2070. The van der Waals surface area contributed by atoms with Gasteiger partial charge in [0.25, 0.3) is 11.8 Å². The van der Waals surface area contributed by atoms with Gasteiger partial charge in [-0.15, -0.1) is 23.1 Å². The van der Waals surface area contributed by atoms with Crippen LogP contribution in [0, 0.1) is 5.82 Å². The Labute approximate surface area is 296 Å². The molecule has 0 bridgehead atoms. The number of carbonyl (C=O) groups is 5. The summed E-state index contributed by atoms with van der Waals surface area (Å²) in [4.78, 5) is 89.5. The Balaban J connectivity index is 1.19. The van der Waals surface area contributed by atoms with Crippen LogP contribution in [0.5, 0.6) is 0 Å². The van der Waals surface area contributed by atoms with E-state index in [-0.39, 0.29) is 44.5 Å². The van der Waals surface area contributed by atoms with E-state index < -0.39 is 58.7 Å². The van der Waals surface area contributed by atoms with Gasteiger partial charge in [0.2, 0.25) is 11.8 Å². The molecule has 20 heteroatoms. The highest BCUT2D eigenvalue weighted by Gasteiger charge is 2.54.